The lowest BCUT2D eigenvalue weighted by Crippen LogP contribution is -1.99. The van der Waals surface area contributed by atoms with E-state index in [0.717, 1.165) is 17.5 Å². The van der Waals surface area contributed by atoms with Gasteiger partial charge in [-0.25, -0.2) is 0 Å². The monoisotopic (exact) mass is 228 g/mol. The molecule has 0 aliphatic rings. The van der Waals surface area contributed by atoms with Crippen molar-refractivity contribution in [2.75, 3.05) is 0 Å². The fraction of sp³-hybridized carbons (Fsp3) is 0.286. The van der Waals surface area contributed by atoms with Gasteiger partial charge in [0, 0.05) is 12.6 Å². The fourth-order valence-corrected chi connectivity index (χ4v) is 2.08. The Balaban J connectivity index is 2.73. The van der Waals surface area contributed by atoms with Crippen molar-refractivity contribution in [3.8, 4) is 11.3 Å². The predicted octanol–water partition coefficient (Wildman–Crippen LogP) is 2.82. The molecule has 0 amide bonds. The molecule has 1 heterocycles. The second-order valence-corrected chi connectivity index (χ2v) is 4.37. The van der Waals surface area contributed by atoms with Crippen molar-refractivity contribution in [2.24, 2.45) is 7.05 Å². The van der Waals surface area contributed by atoms with Gasteiger partial charge in [0.15, 0.2) is 6.29 Å². The van der Waals surface area contributed by atoms with Crippen molar-refractivity contribution in [1.29, 1.82) is 0 Å². The maximum Gasteiger partial charge on any atom is 0.153 e. The normalized spacial score (nSPS) is 10.6. The summed E-state index contributed by atoms with van der Waals surface area (Å²) in [5.74, 6) is 0. The van der Waals surface area contributed by atoms with E-state index in [1.807, 2.05) is 7.05 Å². The SMILES string of the molecule is Cc1ccc(-c2c(C=O)cnn2C)c(C)c1C. The minimum Gasteiger partial charge on any atom is -0.298 e. The lowest BCUT2D eigenvalue weighted by molar-refractivity contribution is 0.112. The molecule has 0 bridgehead atoms. The van der Waals surface area contributed by atoms with Gasteiger partial charge in [0.25, 0.3) is 0 Å². The highest BCUT2D eigenvalue weighted by Crippen LogP contribution is 2.28. The Morgan fingerprint density at radius 1 is 1.18 bits per heavy atom. The quantitative estimate of drug-likeness (QED) is 0.741. The summed E-state index contributed by atoms with van der Waals surface area (Å²) in [7, 11) is 1.86. The third-order valence-electron chi connectivity index (χ3n) is 3.41. The first-order valence-electron chi connectivity index (χ1n) is 5.60. The smallest absolute Gasteiger partial charge is 0.153 e. The molecular formula is C14H16N2O. The number of hydrogen-bond donors (Lipinski definition) is 0. The van der Waals surface area contributed by atoms with E-state index in [4.69, 9.17) is 0 Å². The minimum absolute atomic E-state index is 0.638. The number of nitrogens with zero attached hydrogens (tertiary/aromatic N) is 2. The van der Waals surface area contributed by atoms with Crippen molar-refractivity contribution < 1.29 is 4.79 Å². The van der Waals surface area contributed by atoms with Crippen LogP contribution in [-0.4, -0.2) is 16.1 Å². The van der Waals surface area contributed by atoms with Gasteiger partial charge in [-0.05, 0) is 37.5 Å². The molecule has 0 spiro atoms. The molecule has 0 saturated heterocycles. The zero-order valence-electron chi connectivity index (χ0n) is 10.6. The average Bonchev–Trinajstić information content (AvgIpc) is 2.68. The van der Waals surface area contributed by atoms with E-state index in [-0.39, 0.29) is 0 Å². The summed E-state index contributed by atoms with van der Waals surface area (Å²) < 4.78 is 1.75. The molecule has 0 aliphatic carbocycles. The molecule has 2 aromatic rings. The number of aldehydes is 1. The summed E-state index contributed by atoms with van der Waals surface area (Å²) in [5, 5.41) is 4.14. The van der Waals surface area contributed by atoms with Crippen LogP contribution in [0.1, 0.15) is 27.0 Å². The van der Waals surface area contributed by atoms with Crippen molar-refractivity contribution in [2.45, 2.75) is 20.8 Å². The van der Waals surface area contributed by atoms with Gasteiger partial charge in [-0.3, -0.25) is 9.48 Å². The molecule has 0 aliphatic heterocycles. The van der Waals surface area contributed by atoms with Crippen LogP contribution in [-0.2, 0) is 7.05 Å². The van der Waals surface area contributed by atoms with Crippen LogP contribution >= 0.6 is 0 Å². The number of carbonyl (C=O) groups is 1. The highest BCUT2D eigenvalue weighted by Gasteiger charge is 2.13. The Morgan fingerprint density at radius 2 is 1.88 bits per heavy atom. The third-order valence-corrected chi connectivity index (χ3v) is 3.41. The number of hydrogen-bond acceptors (Lipinski definition) is 2. The van der Waals surface area contributed by atoms with E-state index in [1.165, 1.54) is 16.7 Å². The van der Waals surface area contributed by atoms with Crippen LogP contribution in [0.4, 0.5) is 0 Å². The predicted molar refractivity (Wildman–Crippen MR) is 68.2 cm³/mol. The number of rotatable bonds is 2. The summed E-state index contributed by atoms with van der Waals surface area (Å²) in [6.45, 7) is 6.28. The van der Waals surface area contributed by atoms with Gasteiger partial charge in [0.2, 0.25) is 0 Å². The van der Waals surface area contributed by atoms with Crippen molar-refractivity contribution in [3.63, 3.8) is 0 Å². The highest BCUT2D eigenvalue weighted by molar-refractivity contribution is 5.86. The Hall–Kier alpha value is -1.90. The van der Waals surface area contributed by atoms with Gasteiger partial charge in [-0.2, -0.15) is 5.10 Å². The van der Waals surface area contributed by atoms with Gasteiger partial charge in [0.1, 0.15) is 0 Å². The molecule has 88 valence electrons. The summed E-state index contributed by atoms with van der Waals surface area (Å²) in [5.41, 5.74) is 6.34. The number of aromatic nitrogens is 2. The van der Waals surface area contributed by atoms with Crippen LogP contribution in [0.3, 0.4) is 0 Å². The second kappa shape index (κ2) is 4.17. The number of benzene rings is 1. The van der Waals surface area contributed by atoms with E-state index in [9.17, 15) is 4.79 Å². The summed E-state index contributed by atoms with van der Waals surface area (Å²) in [6.07, 6.45) is 2.47. The first-order valence-corrected chi connectivity index (χ1v) is 5.60. The molecule has 17 heavy (non-hydrogen) atoms. The van der Waals surface area contributed by atoms with Gasteiger partial charge in [-0.15, -0.1) is 0 Å². The van der Waals surface area contributed by atoms with Gasteiger partial charge in [0.05, 0.1) is 17.5 Å². The van der Waals surface area contributed by atoms with E-state index in [0.29, 0.717) is 5.56 Å². The molecule has 1 aromatic heterocycles. The third kappa shape index (κ3) is 1.78. The van der Waals surface area contributed by atoms with E-state index in [2.05, 4.69) is 38.0 Å². The standard InChI is InChI=1S/C14H16N2O/c1-9-5-6-13(11(3)10(9)2)14-12(8-17)7-15-16(14)4/h5-8H,1-4H3. The second-order valence-electron chi connectivity index (χ2n) is 4.37. The molecule has 2 rings (SSSR count). The van der Waals surface area contributed by atoms with Crippen LogP contribution in [0.5, 0.6) is 0 Å². The van der Waals surface area contributed by atoms with Crippen LogP contribution in [0, 0.1) is 20.8 Å². The molecular weight excluding hydrogens is 212 g/mol. The molecule has 1 aromatic carbocycles. The van der Waals surface area contributed by atoms with Crippen molar-refractivity contribution in [1.82, 2.24) is 9.78 Å². The maximum absolute atomic E-state index is 11.0. The Kier molecular flexibility index (Phi) is 2.84. The Labute approximate surface area is 101 Å². The fourth-order valence-electron chi connectivity index (χ4n) is 2.08. The van der Waals surface area contributed by atoms with E-state index in [1.54, 1.807) is 10.9 Å². The Morgan fingerprint density at radius 3 is 2.53 bits per heavy atom. The van der Waals surface area contributed by atoms with Gasteiger partial charge >= 0.3 is 0 Å². The number of carbonyl (C=O) groups excluding carboxylic acids is 1. The van der Waals surface area contributed by atoms with Crippen molar-refractivity contribution in [3.05, 3.63) is 40.6 Å². The minimum atomic E-state index is 0.638. The van der Waals surface area contributed by atoms with Gasteiger partial charge < -0.3 is 0 Å². The molecule has 0 fully saturated rings. The van der Waals surface area contributed by atoms with Gasteiger partial charge in [-0.1, -0.05) is 12.1 Å². The molecule has 3 nitrogen and oxygen atoms in total. The molecule has 0 atom stereocenters. The molecule has 0 N–H and O–H groups in total. The van der Waals surface area contributed by atoms with Crippen molar-refractivity contribution >= 4 is 6.29 Å². The van der Waals surface area contributed by atoms with Crippen LogP contribution in [0.15, 0.2) is 18.3 Å². The summed E-state index contributed by atoms with van der Waals surface area (Å²) in [6, 6.07) is 4.14. The zero-order chi connectivity index (χ0) is 12.6. The Bertz CT molecular complexity index is 582. The molecule has 0 unspecified atom stereocenters. The molecule has 0 saturated carbocycles. The van der Waals surface area contributed by atoms with Crippen LogP contribution in [0.25, 0.3) is 11.3 Å². The highest BCUT2D eigenvalue weighted by atomic mass is 16.1. The lowest BCUT2D eigenvalue weighted by atomic mass is 9.95. The molecule has 0 radical (unpaired) electrons. The topological polar surface area (TPSA) is 34.9 Å². The summed E-state index contributed by atoms with van der Waals surface area (Å²) >= 11 is 0. The molecule has 3 heteroatoms. The lowest BCUT2D eigenvalue weighted by Gasteiger charge is -2.12. The largest absolute Gasteiger partial charge is 0.298 e. The maximum atomic E-state index is 11.0. The number of aryl methyl sites for hydroxylation is 2. The summed E-state index contributed by atoms with van der Waals surface area (Å²) in [4.78, 5) is 11.0. The van der Waals surface area contributed by atoms with E-state index >= 15 is 0 Å². The zero-order valence-corrected chi connectivity index (χ0v) is 10.6. The first kappa shape index (κ1) is 11.6. The van der Waals surface area contributed by atoms with Crippen LogP contribution < -0.4 is 0 Å². The van der Waals surface area contributed by atoms with Crippen LogP contribution in [0.2, 0.25) is 0 Å². The first-order chi connectivity index (χ1) is 8.06. The van der Waals surface area contributed by atoms with E-state index < -0.39 is 0 Å². The average molecular weight is 228 g/mol.